The molecule has 0 aliphatic heterocycles. The fourth-order valence-electron chi connectivity index (χ4n) is 2.13. The molecule has 0 radical (unpaired) electrons. The summed E-state index contributed by atoms with van der Waals surface area (Å²) < 4.78 is 6.00. The molecule has 0 fully saturated rings. The Balaban J connectivity index is 4.87. The van der Waals surface area contributed by atoms with Gasteiger partial charge >= 0.3 is 5.97 Å². The van der Waals surface area contributed by atoms with Gasteiger partial charge in [-0.3, -0.25) is 9.59 Å². The summed E-state index contributed by atoms with van der Waals surface area (Å²) in [6.45, 7) is 16.0. The van der Waals surface area contributed by atoms with Crippen molar-refractivity contribution in [3.05, 3.63) is 0 Å². The standard InChI is InChI=1S/C18H36N2O5Si/c1-12(2)11-15(19-13(3)21)16(22)20-14(17(23)24)9-10-25-26(7,8)18(4,5)6/h12,14-15H,9-11H2,1-8H3,(H,19,21)(H,20,22)(H,23,24)/t14-,15+/m1/s1. The number of nitrogens with one attached hydrogen (secondary N) is 2. The number of carbonyl (C=O) groups is 3. The largest absolute Gasteiger partial charge is 0.480 e. The molecule has 152 valence electrons. The van der Waals surface area contributed by atoms with E-state index in [1.807, 2.05) is 13.8 Å². The van der Waals surface area contributed by atoms with Crippen LogP contribution >= 0.6 is 0 Å². The molecule has 0 aliphatic carbocycles. The maximum absolute atomic E-state index is 12.4. The Morgan fingerprint density at radius 3 is 2.00 bits per heavy atom. The number of hydrogen-bond acceptors (Lipinski definition) is 4. The SMILES string of the molecule is CC(=O)N[C@@H](CC(C)C)C(=O)N[C@H](CCO[Si](C)(C)C(C)(C)C)C(=O)O. The first-order valence-corrected chi connectivity index (χ1v) is 12.0. The fourth-order valence-corrected chi connectivity index (χ4v) is 3.19. The molecule has 0 bridgehead atoms. The second-order valence-electron chi connectivity index (χ2n) is 8.68. The van der Waals surface area contributed by atoms with Gasteiger partial charge in [-0.25, -0.2) is 4.79 Å². The molecule has 2 amide bonds. The van der Waals surface area contributed by atoms with Gasteiger partial charge in [0, 0.05) is 20.0 Å². The molecule has 7 nitrogen and oxygen atoms in total. The maximum Gasteiger partial charge on any atom is 0.326 e. The Morgan fingerprint density at radius 2 is 1.62 bits per heavy atom. The summed E-state index contributed by atoms with van der Waals surface area (Å²) in [6.07, 6.45) is 0.625. The molecule has 0 aromatic heterocycles. The summed E-state index contributed by atoms with van der Waals surface area (Å²) in [5.74, 6) is -1.72. The molecule has 3 N–H and O–H groups in total. The number of carboxylic acids is 1. The van der Waals surface area contributed by atoms with Gasteiger partial charge in [-0.1, -0.05) is 34.6 Å². The van der Waals surface area contributed by atoms with Crippen LogP contribution in [0.15, 0.2) is 0 Å². The van der Waals surface area contributed by atoms with Crippen molar-refractivity contribution < 1.29 is 23.9 Å². The predicted octanol–water partition coefficient (Wildman–Crippen LogP) is 2.52. The van der Waals surface area contributed by atoms with Crippen molar-refractivity contribution >= 4 is 26.1 Å². The molecular formula is C18H36N2O5Si. The van der Waals surface area contributed by atoms with Crippen molar-refractivity contribution in [3.63, 3.8) is 0 Å². The van der Waals surface area contributed by atoms with E-state index in [1.165, 1.54) is 6.92 Å². The van der Waals surface area contributed by atoms with E-state index in [0.717, 1.165) is 0 Å². The lowest BCUT2D eigenvalue weighted by atomic mass is 10.0. The highest BCUT2D eigenvalue weighted by Gasteiger charge is 2.37. The second-order valence-corrected chi connectivity index (χ2v) is 13.5. The molecule has 0 aliphatic rings. The smallest absolute Gasteiger partial charge is 0.326 e. The van der Waals surface area contributed by atoms with E-state index in [-0.39, 0.29) is 29.9 Å². The first kappa shape index (κ1) is 24.6. The van der Waals surface area contributed by atoms with Crippen molar-refractivity contribution in [1.29, 1.82) is 0 Å². The monoisotopic (exact) mass is 388 g/mol. The highest BCUT2D eigenvalue weighted by atomic mass is 28.4. The molecule has 0 heterocycles. The van der Waals surface area contributed by atoms with Crippen LogP contribution in [0.1, 0.15) is 54.4 Å². The molecule has 2 atom stereocenters. The third-order valence-corrected chi connectivity index (χ3v) is 9.23. The second kappa shape index (κ2) is 10.1. The van der Waals surface area contributed by atoms with Gasteiger partial charge in [-0.05, 0) is 30.5 Å². The Kier molecular flexibility index (Phi) is 9.51. The Morgan fingerprint density at radius 1 is 1.08 bits per heavy atom. The summed E-state index contributed by atoms with van der Waals surface area (Å²) in [7, 11) is -1.97. The van der Waals surface area contributed by atoms with Crippen molar-refractivity contribution in [2.24, 2.45) is 5.92 Å². The number of amides is 2. The van der Waals surface area contributed by atoms with E-state index in [9.17, 15) is 19.5 Å². The third kappa shape index (κ3) is 8.80. The minimum Gasteiger partial charge on any atom is -0.480 e. The molecule has 0 aromatic rings. The molecular weight excluding hydrogens is 352 g/mol. The molecule has 8 heteroatoms. The molecule has 26 heavy (non-hydrogen) atoms. The van der Waals surface area contributed by atoms with Gasteiger partial charge in [-0.15, -0.1) is 0 Å². The average Bonchev–Trinajstić information content (AvgIpc) is 2.42. The van der Waals surface area contributed by atoms with Gasteiger partial charge in [0.25, 0.3) is 0 Å². The van der Waals surface area contributed by atoms with Crippen molar-refractivity contribution in [3.8, 4) is 0 Å². The Bertz CT molecular complexity index is 500. The summed E-state index contributed by atoms with van der Waals surface area (Å²) in [4.78, 5) is 35.2. The van der Waals surface area contributed by atoms with Crippen LogP contribution in [0.25, 0.3) is 0 Å². The molecule has 0 saturated heterocycles. The first-order chi connectivity index (χ1) is 11.7. The first-order valence-electron chi connectivity index (χ1n) is 9.11. The fraction of sp³-hybridized carbons (Fsp3) is 0.833. The summed E-state index contributed by atoms with van der Waals surface area (Å²) in [6, 6.07) is -1.79. The molecule has 0 saturated carbocycles. The highest BCUT2D eigenvalue weighted by Crippen LogP contribution is 2.36. The van der Waals surface area contributed by atoms with E-state index >= 15 is 0 Å². The molecule has 0 unspecified atom stereocenters. The third-order valence-electron chi connectivity index (χ3n) is 4.69. The van der Waals surface area contributed by atoms with Crippen LogP contribution in [0.5, 0.6) is 0 Å². The van der Waals surface area contributed by atoms with Gasteiger partial charge in [0.2, 0.25) is 11.8 Å². The van der Waals surface area contributed by atoms with E-state index in [4.69, 9.17) is 4.43 Å². The normalized spacial score (nSPS) is 14.7. The van der Waals surface area contributed by atoms with E-state index in [2.05, 4.69) is 44.5 Å². The maximum atomic E-state index is 12.4. The number of aliphatic carboxylic acids is 1. The Hall–Kier alpha value is -1.41. The van der Waals surface area contributed by atoms with Crippen LogP contribution in [0.3, 0.4) is 0 Å². The Labute approximate surface area is 158 Å². The highest BCUT2D eigenvalue weighted by molar-refractivity contribution is 6.74. The van der Waals surface area contributed by atoms with Gasteiger partial charge in [-0.2, -0.15) is 0 Å². The zero-order chi connectivity index (χ0) is 20.7. The van der Waals surface area contributed by atoms with Crippen molar-refractivity contribution in [2.45, 2.75) is 84.6 Å². The summed E-state index contributed by atoms with van der Waals surface area (Å²) in [5, 5.41) is 14.6. The van der Waals surface area contributed by atoms with E-state index < -0.39 is 32.3 Å². The lowest BCUT2D eigenvalue weighted by Gasteiger charge is -2.36. The van der Waals surface area contributed by atoms with Gasteiger partial charge in [0.15, 0.2) is 8.32 Å². The number of rotatable bonds is 10. The van der Waals surface area contributed by atoms with Crippen LogP contribution in [0.4, 0.5) is 0 Å². The zero-order valence-electron chi connectivity index (χ0n) is 17.4. The summed E-state index contributed by atoms with van der Waals surface area (Å²) in [5.41, 5.74) is 0. The van der Waals surface area contributed by atoms with Gasteiger partial charge < -0.3 is 20.2 Å². The van der Waals surface area contributed by atoms with Crippen molar-refractivity contribution in [2.75, 3.05) is 6.61 Å². The van der Waals surface area contributed by atoms with Crippen LogP contribution < -0.4 is 10.6 Å². The predicted molar refractivity (Wildman–Crippen MR) is 104 cm³/mol. The van der Waals surface area contributed by atoms with Gasteiger partial charge in [0.1, 0.15) is 12.1 Å². The average molecular weight is 389 g/mol. The quantitative estimate of drug-likeness (QED) is 0.499. The van der Waals surface area contributed by atoms with Crippen LogP contribution in [-0.2, 0) is 18.8 Å². The number of hydrogen-bond donors (Lipinski definition) is 3. The number of carbonyl (C=O) groups excluding carboxylic acids is 2. The summed E-state index contributed by atoms with van der Waals surface area (Å²) >= 11 is 0. The van der Waals surface area contributed by atoms with Crippen LogP contribution in [0.2, 0.25) is 18.1 Å². The van der Waals surface area contributed by atoms with Crippen molar-refractivity contribution in [1.82, 2.24) is 10.6 Å². The zero-order valence-corrected chi connectivity index (χ0v) is 18.4. The number of carboxylic acid groups (broad SMARTS) is 1. The minimum atomic E-state index is -1.97. The topological polar surface area (TPSA) is 105 Å². The molecule has 0 spiro atoms. The molecule has 0 aromatic carbocycles. The van der Waals surface area contributed by atoms with Gasteiger partial charge in [0.05, 0.1) is 0 Å². The van der Waals surface area contributed by atoms with E-state index in [0.29, 0.717) is 6.42 Å². The van der Waals surface area contributed by atoms with Crippen LogP contribution in [0, 0.1) is 5.92 Å². The van der Waals surface area contributed by atoms with Crippen LogP contribution in [-0.4, -0.2) is 49.9 Å². The lowest BCUT2D eigenvalue weighted by Crippen LogP contribution is -2.52. The van der Waals surface area contributed by atoms with E-state index in [1.54, 1.807) is 0 Å². The lowest BCUT2D eigenvalue weighted by molar-refractivity contribution is -0.142. The minimum absolute atomic E-state index is 0.0305. The molecule has 0 rings (SSSR count).